The number of nitrogens with one attached hydrogen (secondary N) is 1. The second kappa shape index (κ2) is 5.83. The van der Waals surface area contributed by atoms with Crippen molar-refractivity contribution in [1.29, 1.82) is 0 Å². The second-order valence-electron chi connectivity index (χ2n) is 5.96. The summed E-state index contributed by atoms with van der Waals surface area (Å²) in [6, 6.07) is 1.59. The molecule has 8 nitrogen and oxygen atoms in total. The van der Waals surface area contributed by atoms with E-state index in [1.165, 1.54) is 34.0 Å². The van der Waals surface area contributed by atoms with E-state index in [0.717, 1.165) is 6.33 Å². The molecule has 0 aliphatic carbocycles. The van der Waals surface area contributed by atoms with Gasteiger partial charge in [0.25, 0.3) is 0 Å². The minimum Gasteiger partial charge on any atom is -0.461 e. The van der Waals surface area contributed by atoms with Crippen LogP contribution < -0.4 is 5.32 Å². The van der Waals surface area contributed by atoms with E-state index in [4.69, 9.17) is 4.42 Å². The van der Waals surface area contributed by atoms with Crippen molar-refractivity contribution in [2.75, 3.05) is 5.32 Å². The number of alkyl halides is 3. The van der Waals surface area contributed by atoms with Gasteiger partial charge in [0.05, 0.1) is 18.0 Å². The molecule has 0 amide bonds. The van der Waals surface area contributed by atoms with E-state index < -0.39 is 29.3 Å². The minimum absolute atomic E-state index is 0.119. The maximum absolute atomic E-state index is 13.8. The number of hydrogen-bond acceptors (Lipinski definition) is 6. The number of carbonyl (C=O) groups is 1. The van der Waals surface area contributed by atoms with Gasteiger partial charge in [0.15, 0.2) is 5.76 Å². The summed E-state index contributed by atoms with van der Waals surface area (Å²) in [7, 11) is 1.66. The number of rotatable bonds is 3. The Morgan fingerprint density at radius 2 is 2.11 bits per heavy atom. The highest BCUT2D eigenvalue weighted by Crippen LogP contribution is 2.42. The summed E-state index contributed by atoms with van der Waals surface area (Å²) in [6.45, 7) is 1.70. The summed E-state index contributed by atoms with van der Waals surface area (Å²) >= 11 is 0. The van der Waals surface area contributed by atoms with Crippen LogP contribution in [0.2, 0.25) is 0 Å². The van der Waals surface area contributed by atoms with E-state index >= 15 is 0 Å². The van der Waals surface area contributed by atoms with Crippen molar-refractivity contribution in [3.8, 4) is 0 Å². The van der Waals surface area contributed by atoms with Crippen molar-refractivity contribution in [3.05, 3.63) is 59.2 Å². The summed E-state index contributed by atoms with van der Waals surface area (Å²) in [5.41, 5.74) is -0.735. The van der Waals surface area contributed by atoms with Crippen molar-refractivity contribution >= 4 is 11.7 Å². The fourth-order valence-corrected chi connectivity index (χ4v) is 3.04. The summed E-state index contributed by atoms with van der Waals surface area (Å²) in [4.78, 5) is 16.8. The van der Waals surface area contributed by atoms with Crippen LogP contribution in [0.4, 0.5) is 19.1 Å². The van der Waals surface area contributed by atoms with Gasteiger partial charge in [-0.05, 0) is 19.1 Å². The molecule has 27 heavy (non-hydrogen) atoms. The number of hydrogen-bond donors (Lipinski definition) is 1. The zero-order valence-electron chi connectivity index (χ0n) is 14.2. The van der Waals surface area contributed by atoms with Crippen LogP contribution in [0.3, 0.4) is 0 Å². The number of aryl methyl sites for hydroxylation is 1. The number of carbonyl (C=O) groups excluding carboxylic acids is 1. The molecule has 4 heterocycles. The molecule has 0 fully saturated rings. The van der Waals surface area contributed by atoms with Gasteiger partial charge in [-0.15, -0.1) is 0 Å². The topological polar surface area (TPSA) is 90.8 Å². The Balaban J connectivity index is 2.01. The molecule has 11 heteroatoms. The van der Waals surface area contributed by atoms with Crippen molar-refractivity contribution in [2.45, 2.75) is 19.1 Å². The van der Waals surface area contributed by atoms with Gasteiger partial charge in [-0.25, -0.2) is 4.68 Å². The molecule has 0 aromatic carbocycles. The van der Waals surface area contributed by atoms with E-state index in [2.05, 4.69) is 20.5 Å². The van der Waals surface area contributed by atoms with Crippen molar-refractivity contribution in [3.63, 3.8) is 0 Å². The third-order valence-corrected chi connectivity index (χ3v) is 4.44. The second-order valence-corrected chi connectivity index (χ2v) is 5.96. The van der Waals surface area contributed by atoms with E-state index in [0.29, 0.717) is 11.3 Å². The lowest BCUT2D eigenvalue weighted by molar-refractivity contribution is -0.0918. The lowest BCUT2D eigenvalue weighted by Gasteiger charge is -2.29. The Hall–Kier alpha value is -3.37. The minimum atomic E-state index is -4.82. The molecule has 3 aromatic heterocycles. The first-order chi connectivity index (χ1) is 12.8. The number of ketones is 1. The number of fused-ring (bicyclic) bond motifs is 1. The smallest absolute Gasteiger partial charge is 0.431 e. The Kier molecular flexibility index (Phi) is 3.68. The third kappa shape index (κ3) is 2.62. The predicted octanol–water partition coefficient (Wildman–Crippen LogP) is 2.63. The zero-order chi connectivity index (χ0) is 19.3. The molecule has 4 rings (SSSR count). The number of aromatic nitrogens is 5. The van der Waals surface area contributed by atoms with Crippen LogP contribution in [0.15, 0.2) is 46.6 Å². The van der Waals surface area contributed by atoms with Crippen LogP contribution in [0.1, 0.15) is 27.9 Å². The molecule has 1 aliphatic rings. The van der Waals surface area contributed by atoms with Gasteiger partial charge < -0.3 is 9.73 Å². The van der Waals surface area contributed by atoms with Crippen molar-refractivity contribution in [1.82, 2.24) is 24.5 Å². The van der Waals surface area contributed by atoms with Gasteiger partial charge in [0.2, 0.25) is 11.7 Å². The van der Waals surface area contributed by atoms with Gasteiger partial charge in [0, 0.05) is 18.3 Å². The molecular weight excluding hydrogens is 365 g/mol. The molecule has 3 aromatic rings. The SMILES string of the molecule is Cc1c([C@@H]2C(C(=O)c3ccco3)=C(C(F)(F)F)Nc3ncnn32)cnn1C. The van der Waals surface area contributed by atoms with Crippen LogP contribution in [-0.2, 0) is 7.05 Å². The van der Waals surface area contributed by atoms with Gasteiger partial charge in [-0.1, -0.05) is 0 Å². The highest BCUT2D eigenvalue weighted by atomic mass is 19.4. The number of furan rings is 1. The fraction of sp³-hybridized carbons (Fsp3) is 0.250. The number of anilines is 1. The van der Waals surface area contributed by atoms with Gasteiger partial charge in [-0.3, -0.25) is 9.48 Å². The Labute approximate surface area is 150 Å². The third-order valence-electron chi connectivity index (χ3n) is 4.44. The van der Waals surface area contributed by atoms with Crippen LogP contribution in [0, 0.1) is 6.92 Å². The summed E-state index contributed by atoms with van der Waals surface area (Å²) < 4.78 is 49.2. The standard InChI is InChI=1S/C16H13F3N6O2/c1-8-9(6-21-24(8)2)12-11(13(26)10-4-3-5-27-10)14(16(17,18)19)23-15-20-7-22-25(12)15/h3-7,12H,1-2H3,(H,20,22,23)/t12-/m1/s1. The van der Waals surface area contributed by atoms with E-state index in [1.807, 2.05) is 0 Å². The average molecular weight is 378 g/mol. The monoisotopic (exact) mass is 378 g/mol. The van der Waals surface area contributed by atoms with Gasteiger partial charge >= 0.3 is 6.18 Å². The van der Waals surface area contributed by atoms with E-state index in [1.54, 1.807) is 14.0 Å². The summed E-state index contributed by atoms with van der Waals surface area (Å²) in [5.74, 6) is -1.22. The molecule has 1 N–H and O–H groups in total. The molecule has 0 radical (unpaired) electrons. The Morgan fingerprint density at radius 3 is 2.70 bits per heavy atom. The molecular formula is C16H13F3N6O2. The summed E-state index contributed by atoms with van der Waals surface area (Å²) in [5, 5.41) is 10.3. The van der Waals surface area contributed by atoms with Gasteiger partial charge in [0.1, 0.15) is 18.1 Å². The molecule has 0 saturated carbocycles. The number of allylic oxidation sites excluding steroid dienone is 2. The first kappa shape index (κ1) is 17.1. The quantitative estimate of drug-likeness (QED) is 0.705. The fourth-order valence-electron chi connectivity index (χ4n) is 3.04. The van der Waals surface area contributed by atoms with Crippen LogP contribution >= 0.6 is 0 Å². The normalized spacial score (nSPS) is 17.0. The van der Waals surface area contributed by atoms with Crippen LogP contribution in [0.5, 0.6) is 0 Å². The maximum Gasteiger partial charge on any atom is 0.431 e. The molecule has 1 atom stereocenters. The first-order valence-corrected chi connectivity index (χ1v) is 7.83. The lowest BCUT2D eigenvalue weighted by Crippen LogP contribution is -2.35. The molecule has 0 unspecified atom stereocenters. The van der Waals surface area contributed by atoms with Crippen LogP contribution in [0.25, 0.3) is 0 Å². The lowest BCUT2D eigenvalue weighted by atomic mass is 9.91. The first-order valence-electron chi connectivity index (χ1n) is 7.83. The average Bonchev–Trinajstić information content (AvgIpc) is 3.35. The summed E-state index contributed by atoms with van der Waals surface area (Å²) in [6.07, 6.45) is -1.05. The number of Topliss-reactive ketones (excluding diaryl/α,β-unsaturated/α-hetero) is 1. The zero-order valence-corrected chi connectivity index (χ0v) is 14.2. The predicted molar refractivity (Wildman–Crippen MR) is 85.8 cm³/mol. The molecule has 0 saturated heterocycles. The molecule has 140 valence electrons. The number of nitrogens with zero attached hydrogens (tertiary/aromatic N) is 5. The Bertz CT molecular complexity index is 1040. The van der Waals surface area contributed by atoms with Crippen molar-refractivity contribution < 1.29 is 22.4 Å². The van der Waals surface area contributed by atoms with Crippen LogP contribution in [-0.4, -0.2) is 36.5 Å². The molecule has 0 spiro atoms. The Morgan fingerprint density at radius 1 is 1.33 bits per heavy atom. The maximum atomic E-state index is 13.8. The van der Waals surface area contributed by atoms with Crippen molar-refractivity contribution in [2.24, 2.45) is 7.05 Å². The van der Waals surface area contributed by atoms with Gasteiger partial charge in [-0.2, -0.15) is 28.4 Å². The largest absolute Gasteiger partial charge is 0.461 e. The van der Waals surface area contributed by atoms with E-state index in [-0.39, 0.29) is 11.7 Å². The highest BCUT2D eigenvalue weighted by Gasteiger charge is 2.47. The number of halogens is 3. The van der Waals surface area contributed by atoms with E-state index in [9.17, 15) is 18.0 Å². The highest BCUT2D eigenvalue weighted by molar-refractivity contribution is 6.09. The molecule has 1 aliphatic heterocycles. The molecule has 0 bridgehead atoms.